The van der Waals surface area contributed by atoms with Gasteiger partial charge in [0.05, 0.1) is 5.56 Å². The molecule has 2 rings (SSSR count). The third-order valence-electron chi connectivity index (χ3n) is 2.46. The minimum absolute atomic E-state index is 0.256. The van der Waals surface area contributed by atoms with Gasteiger partial charge in [-0.3, -0.25) is 0 Å². The van der Waals surface area contributed by atoms with Gasteiger partial charge in [0.1, 0.15) is 18.4 Å². The first-order chi connectivity index (χ1) is 9.10. The predicted octanol–water partition coefficient (Wildman–Crippen LogP) is 5.10. The lowest BCUT2D eigenvalue weighted by Gasteiger charge is -2.09. The lowest BCUT2D eigenvalue weighted by molar-refractivity contribution is 0.305. The summed E-state index contributed by atoms with van der Waals surface area (Å²) in [4.78, 5) is 0. The van der Waals surface area contributed by atoms with Crippen LogP contribution in [0.15, 0.2) is 36.4 Å². The molecular weight excluding hydrogens is 305 g/mol. The number of hydrogen-bond donors (Lipinski definition) is 0. The van der Waals surface area contributed by atoms with Crippen LogP contribution in [-0.4, -0.2) is 0 Å². The number of rotatable bonds is 3. The van der Waals surface area contributed by atoms with E-state index in [1.165, 1.54) is 0 Å². The summed E-state index contributed by atoms with van der Waals surface area (Å²) in [5.74, 6) is 0.470. The SMILES string of the molecule is N#Cc1cc(Cl)ccc1OCc1ccc(Cl)cc1Cl. The Hall–Kier alpha value is -1.40. The number of hydrogen-bond acceptors (Lipinski definition) is 2. The van der Waals surface area contributed by atoms with Crippen LogP contribution in [0.4, 0.5) is 0 Å². The molecule has 0 bridgehead atoms. The molecule has 96 valence electrons. The van der Waals surface area contributed by atoms with Crippen molar-refractivity contribution in [1.82, 2.24) is 0 Å². The zero-order valence-corrected chi connectivity index (χ0v) is 11.9. The van der Waals surface area contributed by atoms with E-state index in [-0.39, 0.29) is 6.61 Å². The van der Waals surface area contributed by atoms with Crippen molar-refractivity contribution in [2.24, 2.45) is 0 Å². The van der Waals surface area contributed by atoms with Crippen molar-refractivity contribution in [3.63, 3.8) is 0 Å². The molecule has 2 aromatic rings. The van der Waals surface area contributed by atoms with E-state index in [0.29, 0.717) is 26.4 Å². The Bertz CT molecular complexity index is 650. The van der Waals surface area contributed by atoms with Gasteiger partial charge in [0.15, 0.2) is 0 Å². The Balaban J connectivity index is 2.17. The van der Waals surface area contributed by atoms with Crippen LogP contribution in [0.25, 0.3) is 0 Å². The van der Waals surface area contributed by atoms with Crippen LogP contribution in [0, 0.1) is 11.3 Å². The molecule has 0 aliphatic heterocycles. The third-order valence-corrected chi connectivity index (χ3v) is 3.28. The van der Waals surface area contributed by atoms with Crippen molar-refractivity contribution >= 4 is 34.8 Å². The first kappa shape index (κ1) is 14.0. The van der Waals surface area contributed by atoms with Gasteiger partial charge in [0, 0.05) is 20.6 Å². The Morgan fingerprint density at radius 3 is 2.37 bits per heavy atom. The third kappa shape index (κ3) is 3.54. The smallest absolute Gasteiger partial charge is 0.137 e. The van der Waals surface area contributed by atoms with E-state index in [4.69, 9.17) is 44.8 Å². The maximum Gasteiger partial charge on any atom is 0.137 e. The second kappa shape index (κ2) is 6.16. The molecule has 0 spiro atoms. The number of halogens is 3. The first-order valence-corrected chi connectivity index (χ1v) is 6.50. The summed E-state index contributed by atoms with van der Waals surface area (Å²) in [5, 5.41) is 10.6. The van der Waals surface area contributed by atoms with Crippen molar-refractivity contribution in [2.45, 2.75) is 6.61 Å². The summed E-state index contributed by atoms with van der Waals surface area (Å²) in [7, 11) is 0. The second-order valence-electron chi connectivity index (χ2n) is 3.78. The monoisotopic (exact) mass is 311 g/mol. The highest BCUT2D eigenvalue weighted by molar-refractivity contribution is 6.35. The highest BCUT2D eigenvalue weighted by atomic mass is 35.5. The van der Waals surface area contributed by atoms with Crippen molar-refractivity contribution in [1.29, 1.82) is 5.26 Å². The average molecular weight is 313 g/mol. The quantitative estimate of drug-likeness (QED) is 0.790. The van der Waals surface area contributed by atoms with Gasteiger partial charge in [0.2, 0.25) is 0 Å². The number of nitriles is 1. The summed E-state index contributed by atoms with van der Waals surface area (Å²) in [5.41, 5.74) is 1.18. The van der Waals surface area contributed by atoms with Crippen LogP contribution < -0.4 is 4.74 Å². The molecule has 19 heavy (non-hydrogen) atoms. The van der Waals surface area contributed by atoms with Crippen molar-refractivity contribution in [3.8, 4) is 11.8 Å². The van der Waals surface area contributed by atoms with Gasteiger partial charge < -0.3 is 4.74 Å². The molecule has 2 aromatic carbocycles. The molecular formula is C14H8Cl3NO. The average Bonchev–Trinajstić information content (AvgIpc) is 2.39. The zero-order valence-electron chi connectivity index (χ0n) is 9.66. The van der Waals surface area contributed by atoms with E-state index in [2.05, 4.69) is 0 Å². The van der Waals surface area contributed by atoms with Crippen LogP contribution >= 0.6 is 34.8 Å². The molecule has 0 aromatic heterocycles. The molecule has 0 atom stereocenters. The van der Waals surface area contributed by atoms with E-state index in [1.807, 2.05) is 6.07 Å². The molecule has 0 N–H and O–H groups in total. The molecule has 0 amide bonds. The van der Waals surface area contributed by atoms with Crippen molar-refractivity contribution in [3.05, 3.63) is 62.6 Å². The topological polar surface area (TPSA) is 33.0 Å². The molecule has 0 aliphatic rings. The Labute approximate surface area is 126 Å². The summed E-state index contributed by atoms with van der Waals surface area (Å²) in [6.07, 6.45) is 0. The molecule has 0 aliphatic carbocycles. The van der Waals surface area contributed by atoms with Gasteiger partial charge in [0.25, 0.3) is 0 Å². The summed E-state index contributed by atoms with van der Waals surface area (Å²) in [6, 6.07) is 12.1. The highest BCUT2D eigenvalue weighted by Gasteiger charge is 2.06. The molecule has 2 nitrogen and oxygen atoms in total. The Morgan fingerprint density at radius 1 is 1.00 bits per heavy atom. The van der Waals surface area contributed by atoms with Gasteiger partial charge in [-0.05, 0) is 30.3 Å². The van der Waals surface area contributed by atoms with E-state index in [0.717, 1.165) is 5.56 Å². The number of nitrogens with zero attached hydrogens (tertiary/aromatic N) is 1. The molecule has 5 heteroatoms. The van der Waals surface area contributed by atoms with Crippen LogP contribution in [0.3, 0.4) is 0 Å². The van der Waals surface area contributed by atoms with Crippen LogP contribution in [0.5, 0.6) is 5.75 Å². The van der Waals surface area contributed by atoms with Crippen LogP contribution in [0.1, 0.15) is 11.1 Å². The largest absolute Gasteiger partial charge is 0.487 e. The molecule has 0 saturated carbocycles. The van der Waals surface area contributed by atoms with E-state index < -0.39 is 0 Å². The minimum Gasteiger partial charge on any atom is -0.487 e. The van der Waals surface area contributed by atoms with Gasteiger partial charge in [-0.1, -0.05) is 40.9 Å². The van der Waals surface area contributed by atoms with Crippen molar-refractivity contribution in [2.75, 3.05) is 0 Å². The van der Waals surface area contributed by atoms with E-state index in [1.54, 1.807) is 36.4 Å². The molecule has 0 unspecified atom stereocenters. The molecule has 0 heterocycles. The fourth-order valence-corrected chi connectivity index (χ4v) is 2.14. The standard InChI is InChI=1S/C14H8Cl3NO/c15-11-3-4-14(10(5-11)7-18)19-8-9-1-2-12(16)6-13(9)17/h1-6H,8H2. The maximum atomic E-state index is 9.00. The summed E-state index contributed by atoms with van der Waals surface area (Å²) < 4.78 is 5.58. The Morgan fingerprint density at radius 2 is 1.68 bits per heavy atom. The van der Waals surface area contributed by atoms with E-state index in [9.17, 15) is 0 Å². The van der Waals surface area contributed by atoms with Crippen molar-refractivity contribution < 1.29 is 4.74 Å². The first-order valence-electron chi connectivity index (χ1n) is 5.36. The highest BCUT2D eigenvalue weighted by Crippen LogP contribution is 2.25. The lowest BCUT2D eigenvalue weighted by atomic mass is 10.2. The molecule has 0 saturated heterocycles. The van der Waals surface area contributed by atoms with Crippen LogP contribution in [-0.2, 0) is 6.61 Å². The lowest BCUT2D eigenvalue weighted by Crippen LogP contribution is -1.98. The van der Waals surface area contributed by atoms with Gasteiger partial charge in [-0.15, -0.1) is 0 Å². The second-order valence-corrected chi connectivity index (χ2v) is 5.06. The Kier molecular flexibility index (Phi) is 4.55. The van der Waals surface area contributed by atoms with Gasteiger partial charge in [-0.2, -0.15) is 5.26 Å². The summed E-state index contributed by atoms with van der Waals surface area (Å²) >= 11 is 17.7. The molecule has 0 fully saturated rings. The maximum absolute atomic E-state index is 9.00. The molecule has 0 radical (unpaired) electrons. The predicted molar refractivity (Wildman–Crippen MR) is 77.0 cm³/mol. The zero-order chi connectivity index (χ0) is 13.8. The fourth-order valence-electron chi connectivity index (χ4n) is 1.51. The van der Waals surface area contributed by atoms with Gasteiger partial charge >= 0.3 is 0 Å². The minimum atomic E-state index is 0.256. The van der Waals surface area contributed by atoms with Crippen LogP contribution in [0.2, 0.25) is 15.1 Å². The van der Waals surface area contributed by atoms with Gasteiger partial charge in [-0.25, -0.2) is 0 Å². The van der Waals surface area contributed by atoms with E-state index >= 15 is 0 Å². The normalized spacial score (nSPS) is 10.0. The number of benzene rings is 2. The number of ether oxygens (including phenoxy) is 1. The summed E-state index contributed by atoms with van der Waals surface area (Å²) in [6.45, 7) is 0.256. The fraction of sp³-hybridized carbons (Fsp3) is 0.0714.